The summed E-state index contributed by atoms with van der Waals surface area (Å²) in [6.45, 7) is 0.0686. The van der Waals surface area contributed by atoms with E-state index in [2.05, 4.69) is 10.3 Å². The molecule has 2 aliphatic rings. The smallest absolute Gasteiger partial charge is 0.367 e. The second-order valence-corrected chi connectivity index (χ2v) is 7.67. The van der Waals surface area contributed by atoms with Crippen molar-refractivity contribution in [2.24, 2.45) is 5.92 Å². The molecule has 2 aromatic rings. The summed E-state index contributed by atoms with van der Waals surface area (Å²) in [4.78, 5) is 36.2. The van der Waals surface area contributed by atoms with Crippen LogP contribution in [0, 0.1) is 5.92 Å². The third kappa shape index (κ3) is 3.98. The van der Waals surface area contributed by atoms with Crippen molar-refractivity contribution in [3.63, 3.8) is 0 Å². The molecule has 2 amide bonds. The van der Waals surface area contributed by atoms with Crippen molar-refractivity contribution in [1.82, 2.24) is 14.9 Å². The van der Waals surface area contributed by atoms with Crippen molar-refractivity contribution in [2.45, 2.75) is 18.3 Å². The maximum atomic E-state index is 13.0. The topological polar surface area (TPSA) is 74.8 Å². The summed E-state index contributed by atoms with van der Waals surface area (Å²) in [6, 6.07) is 9.66. The largest absolute Gasteiger partial charge is 0.417 e. The zero-order valence-electron chi connectivity index (χ0n) is 16.3. The Kier molecular flexibility index (Phi) is 5.63. The van der Waals surface area contributed by atoms with Crippen LogP contribution in [0.15, 0.2) is 42.6 Å². The van der Waals surface area contributed by atoms with Crippen LogP contribution in [0.4, 0.5) is 19.0 Å². The number of alkyl halides is 3. The average Bonchev–Trinajstić information content (AvgIpc) is 3.18. The van der Waals surface area contributed by atoms with E-state index in [4.69, 9.17) is 16.4 Å². The number of carbonyl (C=O) groups excluding carboxylic acids is 2. The lowest BCUT2D eigenvalue weighted by Gasteiger charge is -2.24. The molecule has 1 aromatic carbocycles. The summed E-state index contributed by atoms with van der Waals surface area (Å²) in [5, 5.41) is 4.09. The Bertz CT molecular complexity index is 1000. The maximum absolute atomic E-state index is 13.0. The standard InChI is InChI=1S/C20H18ClF3N4O3/c1-27-15(11-5-3-2-4-6-11)14-16(31-27)19(30)28(18(14)29)8-7-25-17-13(21)9-12(10-26-17)20(22,23)24/h2-6,9-10,14-16H,7-8H2,1H3,(H,25,26)/t14-,15+,16+/m1/s1. The van der Waals surface area contributed by atoms with E-state index in [9.17, 15) is 22.8 Å². The molecule has 0 aliphatic carbocycles. The SMILES string of the molecule is CN1O[C@@H]2C(=O)N(CCNc3ncc(C(F)(F)F)cc3Cl)C(=O)[C@@H]2[C@@H]1c1ccccc1. The van der Waals surface area contributed by atoms with E-state index >= 15 is 0 Å². The number of amides is 2. The molecule has 1 aromatic heterocycles. The first-order valence-corrected chi connectivity index (χ1v) is 9.82. The van der Waals surface area contributed by atoms with E-state index < -0.39 is 35.7 Å². The number of imide groups is 1. The fourth-order valence-electron chi connectivity index (χ4n) is 3.90. The van der Waals surface area contributed by atoms with E-state index in [-0.39, 0.29) is 29.8 Å². The van der Waals surface area contributed by atoms with Crippen LogP contribution >= 0.6 is 11.6 Å². The number of anilines is 1. The van der Waals surface area contributed by atoms with Gasteiger partial charge in [0.2, 0.25) is 5.91 Å². The predicted molar refractivity (Wildman–Crippen MR) is 105 cm³/mol. The minimum atomic E-state index is -4.55. The minimum absolute atomic E-state index is 0.00170. The molecule has 11 heteroatoms. The molecule has 3 heterocycles. The lowest BCUT2D eigenvalue weighted by Crippen LogP contribution is -2.39. The van der Waals surface area contributed by atoms with Crippen molar-refractivity contribution in [1.29, 1.82) is 0 Å². The molecule has 0 unspecified atom stereocenters. The van der Waals surface area contributed by atoms with Gasteiger partial charge in [0.05, 0.1) is 22.5 Å². The summed E-state index contributed by atoms with van der Waals surface area (Å²) >= 11 is 5.87. The number of carbonyl (C=O) groups is 2. The molecule has 2 fully saturated rings. The maximum Gasteiger partial charge on any atom is 0.417 e. The highest BCUT2D eigenvalue weighted by Gasteiger charge is 2.58. The number of fused-ring (bicyclic) bond motifs is 1. The third-order valence-corrected chi connectivity index (χ3v) is 5.62. The first-order chi connectivity index (χ1) is 14.7. The molecule has 2 saturated heterocycles. The van der Waals surface area contributed by atoms with Crippen molar-refractivity contribution in [3.05, 3.63) is 58.7 Å². The zero-order valence-corrected chi connectivity index (χ0v) is 17.0. The lowest BCUT2D eigenvalue weighted by atomic mass is 9.91. The zero-order chi connectivity index (χ0) is 22.3. The highest BCUT2D eigenvalue weighted by molar-refractivity contribution is 6.33. The highest BCUT2D eigenvalue weighted by Crippen LogP contribution is 2.43. The molecule has 3 atom stereocenters. The van der Waals surface area contributed by atoms with Gasteiger partial charge in [-0.25, -0.2) is 4.98 Å². The summed E-state index contributed by atoms with van der Waals surface area (Å²) in [6.07, 6.45) is -4.79. The van der Waals surface area contributed by atoms with E-state index in [0.29, 0.717) is 6.20 Å². The Labute approximate surface area is 180 Å². The minimum Gasteiger partial charge on any atom is -0.367 e. The van der Waals surface area contributed by atoms with E-state index in [1.807, 2.05) is 30.3 Å². The van der Waals surface area contributed by atoms with Crippen molar-refractivity contribution < 1.29 is 27.6 Å². The average molecular weight is 455 g/mol. The number of halogens is 4. The molecule has 7 nitrogen and oxygen atoms in total. The van der Waals surface area contributed by atoms with Gasteiger partial charge in [-0.3, -0.25) is 19.3 Å². The van der Waals surface area contributed by atoms with Crippen LogP contribution in [0.1, 0.15) is 17.2 Å². The number of rotatable bonds is 5. The van der Waals surface area contributed by atoms with Crippen LogP contribution in [0.3, 0.4) is 0 Å². The van der Waals surface area contributed by atoms with Gasteiger partial charge in [-0.1, -0.05) is 41.9 Å². The molecule has 1 N–H and O–H groups in total. The molecule has 0 saturated carbocycles. The molecular weight excluding hydrogens is 437 g/mol. The summed E-state index contributed by atoms with van der Waals surface area (Å²) < 4.78 is 38.2. The molecule has 2 aliphatic heterocycles. The number of nitrogens with one attached hydrogen (secondary N) is 1. The lowest BCUT2D eigenvalue weighted by molar-refractivity contribution is -0.169. The van der Waals surface area contributed by atoms with Gasteiger partial charge >= 0.3 is 6.18 Å². The van der Waals surface area contributed by atoms with E-state index in [1.165, 1.54) is 5.06 Å². The fraction of sp³-hybridized carbons (Fsp3) is 0.350. The number of hydrogen-bond acceptors (Lipinski definition) is 6. The van der Waals surface area contributed by atoms with E-state index in [0.717, 1.165) is 16.5 Å². The normalized spacial score (nSPS) is 24.0. The Hall–Kier alpha value is -2.69. The molecule has 31 heavy (non-hydrogen) atoms. The Morgan fingerprint density at radius 1 is 1.19 bits per heavy atom. The van der Waals surface area contributed by atoms with Gasteiger partial charge in [0.1, 0.15) is 5.82 Å². The summed E-state index contributed by atoms with van der Waals surface area (Å²) in [7, 11) is 1.68. The number of hydrogen-bond donors (Lipinski definition) is 1. The quantitative estimate of drug-likeness (QED) is 0.700. The van der Waals surface area contributed by atoms with Gasteiger partial charge in [-0.05, 0) is 11.6 Å². The summed E-state index contributed by atoms with van der Waals surface area (Å²) in [5.41, 5.74) is -0.103. The van der Waals surface area contributed by atoms with Gasteiger partial charge in [-0.2, -0.15) is 18.2 Å². The van der Waals surface area contributed by atoms with Gasteiger partial charge < -0.3 is 5.32 Å². The molecule has 4 rings (SSSR count). The van der Waals surface area contributed by atoms with Gasteiger partial charge in [0.25, 0.3) is 5.91 Å². The summed E-state index contributed by atoms with van der Waals surface area (Å²) in [5.74, 6) is -1.45. The van der Waals surface area contributed by atoms with Crippen molar-refractivity contribution >= 4 is 29.2 Å². The Morgan fingerprint density at radius 3 is 2.55 bits per heavy atom. The van der Waals surface area contributed by atoms with Crippen molar-refractivity contribution in [2.75, 3.05) is 25.5 Å². The number of pyridine rings is 1. The van der Waals surface area contributed by atoms with Gasteiger partial charge in [-0.15, -0.1) is 0 Å². The first-order valence-electron chi connectivity index (χ1n) is 9.45. The molecule has 0 spiro atoms. The second-order valence-electron chi connectivity index (χ2n) is 7.26. The molecule has 164 valence electrons. The predicted octanol–water partition coefficient (Wildman–Crippen LogP) is 3.14. The Morgan fingerprint density at radius 2 is 1.90 bits per heavy atom. The van der Waals surface area contributed by atoms with Gasteiger partial charge in [0.15, 0.2) is 6.10 Å². The monoisotopic (exact) mass is 454 g/mol. The van der Waals surface area contributed by atoms with Crippen LogP contribution in [-0.2, 0) is 20.6 Å². The fourth-order valence-corrected chi connectivity index (χ4v) is 4.14. The van der Waals surface area contributed by atoms with E-state index in [1.54, 1.807) is 7.05 Å². The van der Waals surface area contributed by atoms with Crippen LogP contribution in [-0.4, -0.2) is 53.0 Å². The van der Waals surface area contributed by atoms with Crippen LogP contribution in [0.25, 0.3) is 0 Å². The van der Waals surface area contributed by atoms with Gasteiger partial charge in [0, 0.05) is 26.3 Å². The van der Waals surface area contributed by atoms with Crippen molar-refractivity contribution in [3.8, 4) is 0 Å². The first kappa shape index (κ1) is 21.5. The van der Waals surface area contributed by atoms with Crippen LogP contribution in [0.2, 0.25) is 5.02 Å². The number of nitrogens with zero attached hydrogens (tertiary/aromatic N) is 3. The number of aromatic nitrogens is 1. The number of hydroxylamine groups is 2. The van der Waals surface area contributed by atoms with Crippen LogP contribution in [0.5, 0.6) is 0 Å². The second kappa shape index (κ2) is 8.10. The molecule has 0 radical (unpaired) electrons. The number of likely N-dealkylation sites (tertiary alicyclic amines) is 1. The highest BCUT2D eigenvalue weighted by atomic mass is 35.5. The molecule has 0 bridgehead atoms. The Balaban J connectivity index is 1.43. The number of benzene rings is 1. The molecular formula is C20H18ClF3N4O3. The third-order valence-electron chi connectivity index (χ3n) is 5.34. The van der Waals surface area contributed by atoms with Crippen LogP contribution < -0.4 is 5.32 Å².